The minimum Gasteiger partial charge on any atom is -0.308 e. The van der Waals surface area contributed by atoms with E-state index in [-0.39, 0.29) is 11.0 Å². The molecule has 1 amide bonds. The normalized spacial score (nSPS) is 10.6. The molecule has 3 rings (SSSR count). The van der Waals surface area contributed by atoms with Crippen LogP contribution in [0.4, 0.5) is 5.13 Å². The third-order valence-electron chi connectivity index (χ3n) is 3.59. The number of aromatic nitrogens is 1. The molecule has 4 nitrogen and oxygen atoms in total. The van der Waals surface area contributed by atoms with Gasteiger partial charge >= 0.3 is 0 Å². The van der Waals surface area contributed by atoms with Gasteiger partial charge in [0.25, 0.3) is 5.91 Å². The molecule has 7 heteroatoms. The van der Waals surface area contributed by atoms with Gasteiger partial charge in [0.15, 0.2) is 10.2 Å². The van der Waals surface area contributed by atoms with Gasteiger partial charge < -0.3 is 5.32 Å². The number of rotatable bonds is 2. The SMILES string of the molecule is Cc1ccc(C(=O)NC(=S)Nc2nc3c(Cl)cccc3s2)cc1C. The van der Waals surface area contributed by atoms with Gasteiger partial charge in [-0.1, -0.05) is 35.1 Å². The van der Waals surface area contributed by atoms with Gasteiger partial charge in [-0.3, -0.25) is 10.1 Å². The van der Waals surface area contributed by atoms with Gasteiger partial charge in [-0.2, -0.15) is 0 Å². The highest BCUT2D eigenvalue weighted by atomic mass is 35.5. The van der Waals surface area contributed by atoms with Crippen LogP contribution in [0.15, 0.2) is 36.4 Å². The number of carbonyl (C=O) groups is 1. The number of nitrogens with zero attached hydrogens (tertiary/aromatic N) is 1. The first-order valence-corrected chi connectivity index (χ1v) is 8.79. The van der Waals surface area contributed by atoms with E-state index in [0.29, 0.717) is 15.7 Å². The first kappa shape index (κ1) is 16.8. The molecule has 0 bridgehead atoms. The number of amides is 1. The van der Waals surface area contributed by atoms with Crippen molar-refractivity contribution >= 4 is 61.5 Å². The third-order valence-corrected chi connectivity index (χ3v) is 5.03. The summed E-state index contributed by atoms with van der Waals surface area (Å²) in [6, 6.07) is 11.1. The van der Waals surface area contributed by atoms with Crippen molar-refractivity contribution in [3.05, 3.63) is 58.1 Å². The van der Waals surface area contributed by atoms with Crippen molar-refractivity contribution in [3.8, 4) is 0 Å². The molecule has 0 unspecified atom stereocenters. The van der Waals surface area contributed by atoms with Crippen molar-refractivity contribution in [2.75, 3.05) is 5.32 Å². The molecular weight excluding hydrogens is 362 g/mol. The van der Waals surface area contributed by atoms with Crippen LogP contribution >= 0.6 is 35.2 Å². The Morgan fingerprint density at radius 2 is 2.00 bits per heavy atom. The van der Waals surface area contributed by atoms with Crippen LogP contribution in [0, 0.1) is 13.8 Å². The highest BCUT2D eigenvalue weighted by Crippen LogP contribution is 2.30. The lowest BCUT2D eigenvalue weighted by molar-refractivity contribution is 0.0977. The number of halogens is 1. The molecule has 1 heterocycles. The molecule has 0 saturated heterocycles. The summed E-state index contributed by atoms with van der Waals surface area (Å²) in [5.41, 5.74) is 3.48. The average molecular weight is 376 g/mol. The zero-order valence-corrected chi connectivity index (χ0v) is 15.4. The molecule has 122 valence electrons. The van der Waals surface area contributed by atoms with E-state index < -0.39 is 0 Å². The molecule has 0 spiro atoms. The zero-order chi connectivity index (χ0) is 17.3. The smallest absolute Gasteiger partial charge is 0.257 e. The van der Waals surface area contributed by atoms with Crippen molar-refractivity contribution < 1.29 is 4.79 Å². The quantitative estimate of drug-likeness (QED) is 0.638. The Labute approximate surface area is 153 Å². The van der Waals surface area contributed by atoms with Crippen LogP contribution in [0.5, 0.6) is 0 Å². The molecule has 2 aromatic carbocycles. The molecule has 0 fully saturated rings. The van der Waals surface area contributed by atoms with E-state index >= 15 is 0 Å². The lowest BCUT2D eigenvalue weighted by Crippen LogP contribution is -2.34. The first-order chi connectivity index (χ1) is 11.4. The number of benzene rings is 2. The molecule has 0 saturated carbocycles. The topological polar surface area (TPSA) is 54.0 Å². The highest BCUT2D eigenvalue weighted by Gasteiger charge is 2.11. The second-order valence-corrected chi connectivity index (χ2v) is 7.16. The number of hydrogen-bond donors (Lipinski definition) is 2. The number of nitrogens with one attached hydrogen (secondary N) is 2. The molecule has 0 aliphatic carbocycles. The molecule has 3 aromatic rings. The maximum Gasteiger partial charge on any atom is 0.257 e. The van der Waals surface area contributed by atoms with Gasteiger partial charge in [-0.15, -0.1) is 0 Å². The maximum atomic E-state index is 12.3. The van der Waals surface area contributed by atoms with E-state index in [9.17, 15) is 4.79 Å². The highest BCUT2D eigenvalue weighted by molar-refractivity contribution is 7.80. The van der Waals surface area contributed by atoms with Crippen molar-refractivity contribution in [1.82, 2.24) is 10.3 Å². The van der Waals surface area contributed by atoms with E-state index in [4.69, 9.17) is 23.8 Å². The summed E-state index contributed by atoms with van der Waals surface area (Å²) in [4.78, 5) is 16.7. The van der Waals surface area contributed by atoms with Crippen LogP contribution in [-0.4, -0.2) is 16.0 Å². The Kier molecular flexibility index (Phi) is 4.80. The molecule has 24 heavy (non-hydrogen) atoms. The minimum absolute atomic E-state index is 0.202. The molecule has 0 aliphatic rings. The Hall–Kier alpha value is -2.02. The molecular formula is C17H14ClN3OS2. The predicted octanol–water partition coefficient (Wildman–Crippen LogP) is 4.69. The summed E-state index contributed by atoms with van der Waals surface area (Å²) >= 11 is 12.7. The number of para-hydroxylation sites is 1. The number of thiazole rings is 1. The summed E-state index contributed by atoms with van der Waals surface area (Å²) in [6.07, 6.45) is 0. The summed E-state index contributed by atoms with van der Waals surface area (Å²) in [5.74, 6) is -0.255. The maximum absolute atomic E-state index is 12.3. The molecule has 1 aromatic heterocycles. The number of fused-ring (bicyclic) bond motifs is 1. The molecule has 0 radical (unpaired) electrons. The van der Waals surface area contributed by atoms with E-state index in [1.807, 2.05) is 38.1 Å². The van der Waals surface area contributed by atoms with E-state index in [1.165, 1.54) is 11.3 Å². The second kappa shape index (κ2) is 6.84. The van der Waals surface area contributed by atoms with Crippen LogP contribution in [0.3, 0.4) is 0 Å². The zero-order valence-electron chi connectivity index (χ0n) is 13.0. The van der Waals surface area contributed by atoms with Crippen molar-refractivity contribution in [3.63, 3.8) is 0 Å². The van der Waals surface area contributed by atoms with E-state index in [1.54, 1.807) is 12.1 Å². The lowest BCUT2D eigenvalue weighted by atomic mass is 10.1. The first-order valence-electron chi connectivity index (χ1n) is 7.18. The van der Waals surface area contributed by atoms with Gasteiger partial charge in [0, 0.05) is 5.56 Å². The monoisotopic (exact) mass is 375 g/mol. The Bertz CT molecular complexity index is 952. The molecule has 0 atom stereocenters. The van der Waals surface area contributed by atoms with Crippen molar-refractivity contribution in [2.45, 2.75) is 13.8 Å². The minimum atomic E-state index is -0.255. The van der Waals surface area contributed by atoms with Crippen molar-refractivity contribution in [2.24, 2.45) is 0 Å². The standard InChI is InChI=1S/C17H14ClN3OS2/c1-9-6-7-11(8-10(9)2)15(22)20-16(23)21-17-19-14-12(18)4-3-5-13(14)24-17/h3-8H,1-2H3,(H2,19,20,21,22,23). The summed E-state index contributed by atoms with van der Waals surface area (Å²) in [5, 5.41) is 6.97. The third kappa shape index (κ3) is 3.56. The number of carbonyl (C=O) groups excluding carboxylic acids is 1. The van der Waals surface area contributed by atoms with Crippen molar-refractivity contribution in [1.29, 1.82) is 0 Å². The van der Waals surface area contributed by atoms with Gasteiger partial charge in [-0.25, -0.2) is 4.98 Å². The summed E-state index contributed by atoms with van der Waals surface area (Å²) in [7, 11) is 0. The van der Waals surface area contributed by atoms with Gasteiger partial charge in [-0.05, 0) is 61.5 Å². The summed E-state index contributed by atoms with van der Waals surface area (Å²) in [6.45, 7) is 3.97. The van der Waals surface area contributed by atoms with Crippen LogP contribution in [0.1, 0.15) is 21.5 Å². The summed E-state index contributed by atoms with van der Waals surface area (Å²) < 4.78 is 0.952. The molecule has 2 N–H and O–H groups in total. The Morgan fingerprint density at radius 1 is 1.21 bits per heavy atom. The van der Waals surface area contributed by atoms with Gasteiger partial charge in [0.2, 0.25) is 0 Å². The Morgan fingerprint density at radius 3 is 2.71 bits per heavy atom. The van der Waals surface area contributed by atoms with Crippen LogP contribution < -0.4 is 10.6 Å². The lowest BCUT2D eigenvalue weighted by Gasteiger charge is -2.08. The Balaban J connectivity index is 1.71. The van der Waals surface area contributed by atoms with Crippen LogP contribution in [-0.2, 0) is 0 Å². The fraction of sp³-hybridized carbons (Fsp3) is 0.118. The number of thiocarbonyl (C=S) groups is 1. The largest absolute Gasteiger partial charge is 0.308 e. The van der Waals surface area contributed by atoms with Gasteiger partial charge in [0.05, 0.1) is 9.72 Å². The fourth-order valence-electron chi connectivity index (χ4n) is 2.15. The van der Waals surface area contributed by atoms with E-state index in [2.05, 4.69) is 15.6 Å². The number of anilines is 1. The van der Waals surface area contributed by atoms with E-state index in [0.717, 1.165) is 21.3 Å². The number of hydrogen-bond acceptors (Lipinski definition) is 4. The second-order valence-electron chi connectivity index (χ2n) is 5.31. The molecule has 0 aliphatic heterocycles. The van der Waals surface area contributed by atoms with Crippen LogP contribution in [0.25, 0.3) is 10.2 Å². The predicted molar refractivity (Wildman–Crippen MR) is 104 cm³/mol. The van der Waals surface area contributed by atoms with Crippen LogP contribution in [0.2, 0.25) is 5.02 Å². The number of aryl methyl sites for hydroxylation is 2. The van der Waals surface area contributed by atoms with Gasteiger partial charge in [0.1, 0.15) is 5.52 Å². The fourth-order valence-corrected chi connectivity index (χ4v) is 3.58. The average Bonchev–Trinajstić information content (AvgIpc) is 2.93.